The Bertz CT molecular complexity index is 1480. The first-order valence-corrected chi connectivity index (χ1v) is 17.1. The topological polar surface area (TPSA) is 66.2 Å². The van der Waals surface area contributed by atoms with Gasteiger partial charge in [0.15, 0.2) is 8.32 Å². The van der Waals surface area contributed by atoms with Crippen molar-refractivity contribution in [3.05, 3.63) is 93.5 Å². The maximum absolute atomic E-state index is 13.2. The van der Waals surface area contributed by atoms with Gasteiger partial charge in [-0.3, -0.25) is 4.79 Å². The van der Waals surface area contributed by atoms with Gasteiger partial charge in [0.25, 0.3) is 0 Å². The van der Waals surface area contributed by atoms with Crippen molar-refractivity contribution in [1.29, 1.82) is 0 Å². The third kappa shape index (κ3) is 6.65. The minimum atomic E-state index is -1.94. The van der Waals surface area contributed by atoms with E-state index in [4.69, 9.17) is 20.8 Å². The second-order valence-electron chi connectivity index (χ2n) is 11.9. The number of hydrogen-bond acceptors (Lipinski definition) is 5. The van der Waals surface area contributed by atoms with Gasteiger partial charge < -0.3 is 9.16 Å². The lowest BCUT2D eigenvalue weighted by Crippen LogP contribution is -2.40. The molecule has 1 heterocycles. The summed E-state index contributed by atoms with van der Waals surface area (Å²) in [6.07, 6.45) is 0.144. The number of carbonyl (C=O) groups is 1. The highest BCUT2D eigenvalue weighted by Crippen LogP contribution is 2.39. The molecular formula is C32H40ClN3O3Si. The average Bonchev–Trinajstić information content (AvgIpc) is 3.35. The number of aromatic nitrogens is 3. The van der Waals surface area contributed by atoms with E-state index < -0.39 is 8.32 Å². The Kier molecular flexibility index (Phi) is 9.18. The molecule has 0 saturated heterocycles. The van der Waals surface area contributed by atoms with Crippen molar-refractivity contribution in [2.75, 3.05) is 0 Å². The van der Waals surface area contributed by atoms with Crippen molar-refractivity contribution in [2.45, 2.75) is 84.8 Å². The van der Waals surface area contributed by atoms with Crippen LogP contribution in [0.1, 0.15) is 67.9 Å². The quantitative estimate of drug-likeness (QED) is 0.140. The molecule has 0 aliphatic rings. The number of hydrogen-bond donors (Lipinski definition) is 0. The zero-order chi connectivity index (χ0) is 29.1. The van der Waals surface area contributed by atoms with Gasteiger partial charge >= 0.3 is 5.97 Å². The number of nitrogens with zero attached hydrogens (tertiary/aromatic N) is 3. The zero-order valence-corrected chi connectivity index (χ0v) is 26.4. The highest BCUT2D eigenvalue weighted by atomic mass is 35.5. The minimum Gasteiger partial charge on any atom is -0.461 e. The lowest BCUT2D eigenvalue weighted by molar-refractivity contribution is -0.145. The number of esters is 1. The highest BCUT2D eigenvalue weighted by molar-refractivity contribution is 6.74. The fourth-order valence-electron chi connectivity index (χ4n) is 4.43. The third-order valence-corrected chi connectivity index (χ3v) is 13.0. The lowest BCUT2D eigenvalue weighted by atomic mass is 9.86. The molecular weight excluding hydrogens is 538 g/mol. The van der Waals surface area contributed by atoms with E-state index in [2.05, 4.69) is 69.3 Å². The van der Waals surface area contributed by atoms with Gasteiger partial charge in [-0.2, -0.15) is 0 Å². The Balaban J connectivity index is 1.68. The molecule has 212 valence electrons. The summed E-state index contributed by atoms with van der Waals surface area (Å²) in [6.45, 7) is 16.8. The third-order valence-electron chi connectivity index (χ3n) is 8.11. The van der Waals surface area contributed by atoms with Gasteiger partial charge in [0.05, 0.1) is 23.6 Å². The number of fused-ring (bicyclic) bond motifs is 1. The maximum Gasteiger partial charge on any atom is 0.307 e. The first-order valence-electron chi connectivity index (χ1n) is 13.9. The smallest absolute Gasteiger partial charge is 0.307 e. The van der Waals surface area contributed by atoms with Crippen molar-refractivity contribution < 1.29 is 14.0 Å². The summed E-state index contributed by atoms with van der Waals surface area (Å²) >= 11 is 6.97. The molecule has 4 rings (SSSR count). The van der Waals surface area contributed by atoms with Crippen LogP contribution in [0.5, 0.6) is 0 Å². The van der Waals surface area contributed by atoms with Gasteiger partial charge in [-0.15, -0.1) is 5.10 Å². The van der Waals surface area contributed by atoms with Crippen molar-refractivity contribution in [2.24, 2.45) is 0 Å². The van der Waals surface area contributed by atoms with Crippen molar-refractivity contribution in [3.63, 3.8) is 0 Å². The number of aryl methyl sites for hydroxylation is 2. The summed E-state index contributed by atoms with van der Waals surface area (Å²) in [6, 6.07) is 20.0. The first-order chi connectivity index (χ1) is 18.9. The molecule has 0 spiro atoms. The molecule has 1 atom stereocenters. The zero-order valence-electron chi connectivity index (χ0n) is 24.6. The Hall–Kier alpha value is -3.00. The lowest BCUT2D eigenvalue weighted by Gasteiger charge is -2.36. The molecule has 0 saturated carbocycles. The maximum atomic E-state index is 13.2. The summed E-state index contributed by atoms with van der Waals surface area (Å²) in [5.74, 6) is -0.610. The van der Waals surface area contributed by atoms with E-state index in [1.165, 1.54) is 0 Å². The molecule has 0 aliphatic carbocycles. The van der Waals surface area contributed by atoms with Crippen LogP contribution in [0.4, 0.5) is 0 Å². The van der Waals surface area contributed by atoms with Crippen LogP contribution in [-0.4, -0.2) is 29.3 Å². The van der Waals surface area contributed by atoms with Gasteiger partial charge in [0.1, 0.15) is 12.1 Å². The van der Waals surface area contributed by atoms with Crippen molar-refractivity contribution >= 4 is 36.9 Å². The molecule has 1 aromatic heterocycles. The van der Waals surface area contributed by atoms with Crippen molar-refractivity contribution in [1.82, 2.24) is 15.0 Å². The van der Waals surface area contributed by atoms with E-state index in [1.807, 2.05) is 54.1 Å². The van der Waals surface area contributed by atoms with Crippen LogP contribution < -0.4 is 0 Å². The molecule has 0 bridgehead atoms. The summed E-state index contributed by atoms with van der Waals surface area (Å²) < 4.78 is 14.1. The number of halogens is 1. The molecule has 0 amide bonds. The van der Waals surface area contributed by atoms with Crippen LogP contribution in [0.2, 0.25) is 23.2 Å². The van der Waals surface area contributed by atoms with E-state index in [0.717, 1.165) is 33.3 Å². The van der Waals surface area contributed by atoms with Gasteiger partial charge in [-0.1, -0.05) is 92.2 Å². The fourth-order valence-corrected chi connectivity index (χ4v) is 5.71. The fraction of sp³-hybridized carbons (Fsp3) is 0.406. The number of rotatable bonds is 10. The molecule has 8 heteroatoms. The van der Waals surface area contributed by atoms with Crippen LogP contribution in [0.15, 0.2) is 60.7 Å². The summed E-state index contributed by atoms with van der Waals surface area (Å²) in [7, 11) is -1.94. The minimum absolute atomic E-state index is 0.114. The molecule has 0 radical (unpaired) electrons. The molecule has 0 aliphatic heterocycles. The monoisotopic (exact) mass is 577 g/mol. The second kappa shape index (κ2) is 12.2. The molecule has 0 unspecified atom stereocenters. The number of benzene rings is 3. The molecule has 6 nitrogen and oxygen atoms in total. The van der Waals surface area contributed by atoms with E-state index in [-0.39, 0.29) is 30.0 Å². The van der Waals surface area contributed by atoms with Crippen LogP contribution in [0, 0.1) is 6.92 Å². The normalized spacial score (nSPS) is 13.0. The van der Waals surface area contributed by atoms with Crippen molar-refractivity contribution in [3.8, 4) is 0 Å². The van der Waals surface area contributed by atoms with Gasteiger partial charge in [0, 0.05) is 12.5 Å². The van der Waals surface area contributed by atoms with Crippen LogP contribution in [0.25, 0.3) is 11.0 Å². The van der Waals surface area contributed by atoms with Crippen LogP contribution in [-0.2, 0) is 33.7 Å². The van der Waals surface area contributed by atoms with Gasteiger partial charge in [-0.25, -0.2) is 4.68 Å². The van der Waals surface area contributed by atoms with Gasteiger partial charge in [-0.05, 0) is 65.9 Å². The van der Waals surface area contributed by atoms with E-state index in [0.29, 0.717) is 23.7 Å². The predicted molar refractivity (Wildman–Crippen MR) is 164 cm³/mol. The molecule has 0 N–H and O–H groups in total. The van der Waals surface area contributed by atoms with Crippen LogP contribution in [0.3, 0.4) is 0 Å². The Morgan fingerprint density at radius 2 is 1.77 bits per heavy atom. The highest BCUT2D eigenvalue weighted by Gasteiger charge is 2.37. The summed E-state index contributed by atoms with van der Waals surface area (Å²) in [5.41, 5.74) is 6.53. The summed E-state index contributed by atoms with van der Waals surface area (Å²) in [5, 5.41) is 9.21. The summed E-state index contributed by atoms with van der Waals surface area (Å²) in [4.78, 5) is 13.2. The van der Waals surface area contributed by atoms with E-state index in [1.54, 1.807) is 0 Å². The Morgan fingerprint density at radius 1 is 1.05 bits per heavy atom. The van der Waals surface area contributed by atoms with Crippen LogP contribution >= 0.6 is 11.6 Å². The average molecular weight is 578 g/mol. The molecule has 3 aromatic carbocycles. The first kappa shape index (κ1) is 30.0. The second-order valence-corrected chi connectivity index (χ2v) is 17.1. The number of ether oxygens (including phenoxy) is 1. The standard InChI is InChI=1S/C32H40ClN3O3Si/c1-8-36-28-17-16-26(30(33)31(28)34-35-36)27(19-29(37)38-20-23-12-10-9-11-13-23)24-15-14-22(2)25(18-24)21-39-40(6,7)32(3,4)5/h9-18,27H,8,19-21H2,1-7H3/t27-/m0/s1. The predicted octanol–water partition coefficient (Wildman–Crippen LogP) is 8.20. The molecule has 40 heavy (non-hydrogen) atoms. The van der Waals surface area contributed by atoms with E-state index in [9.17, 15) is 4.79 Å². The molecule has 4 aromatic rings. The largest absolute Gasteiger partial charge is 0.461 e. The Labute approximate surface area is 243 Å². The van der Waals surface area contributed by atoms with E-state index >= 15 is 0 Å². The SMILES string of the molecule is CCn1nnc2c(Cl)c([C@@H](CC(=O)OCc3ccccc3)c3ccc(C)c(CO[Si](C)(C)C(C)(C)C)c3)ccc21. The van der Waals surface area contributed by atoms with Gasteiger partial charge in [0.2, 0.25) is 0 Å². The molecule has 0 fully saturated rings. The Morgan fingerprint density at radius 3 is 2.45 bits per heavy atom. The number of carbonyl (C=O) groups excluding carboxylic acids is 1.